The van der Waals surface area contributed by atoms with Crippen LogP contribution in [0.4, 0.5) is 23.2 Å². The summed E-state index contributed by atoms with van der Waals surface area (Å²) in [5.74, 6) is -2.21. The molecule has 0 amide bonds. The van der Waals surface area contributed by atoms with E-state index < -0.39 is 34.0 Å². The van der Waals surface area contributed by atoms with Gasteiger partial charge in [0.1, 0.15) is 0 Å². The number of nitrogens with one attached hydrogen (secondary N) is 1. The number of anilines is 1. The van der Waals surface area contributed by atoms with Crippen molar-refractivity contribution in [2.45, 2.75) is 30.3 Å². The van der Waals surface area contributed by atoms with Crippen LogP contribution >= 0.6 is 0 Å². The highest BCUT2D eigenvalue weighted by Crippen LogP contribution is 2.36. The number of benzene rings is 1. The number of hydrogen-bond acceptors (Lipinski definition) is 6. The first-order chi connectivity index (χ1) is 15.5. The Balaban J connectivity index is 1.59. The van der Waals surface area contributed by atoms with Gasteiger partial charge in [-0.3, -0.25) is 0 Å². The maximum Gasteiger partial charge on any atom is 0.573 e. The van der Waals surface area contributed by atoms with Crippen molar-refractivity contribution in [3.8, 4) is 5.75 Å². The molecule has 182 valence electrons. The second-order valence-electron chi connectivity index (χ2n) is 8.28. The van der Waals surface area contributed by atoms with Crippen LogP contribution in [0.3, 0.4) is 0 Å². The molecule has 1 N–H and O–H groups in total. The molecule has 1 aromatic carbocycles. The molecule has 33 heavy (non-hydrogen) atoms. The van der Waals surface area contributed by atoms with Crippen molar-refractivity contribution in [1.82, 2.24) is 13.9 Å². The number of aromatic nitrogens is 2. The van der Waals surface area contributed by atoms with Crippen molar-refractivity contribution < 1.29 is 35.5 Å². The Hall–Kier alpha value is -2.38. The highest BCUT2D eigenvalue weighted by atomic mass is 32.2. The average molecular weight is 492 g/mol. The van der Waals surface area contributed by atoms with Crippen molar-refractivity contribution >= 4 is 15.7 Å². The van der Waals surface area contributed by atoms with E-state index in [4.69, 9.17) is 4.74 Å². The normalized spacial score (nSPS) is 24.7. The summed E-state index contributed by atoms with van der Waals surface area (Å²) in [4.78, 5) is 3.96. The minimum absolute atomic E-state index is 0.0616. The minimum Gasteiger partial charge on any atom is -0.403 e. The van der Waals surface area contributed by atoms with Gasteiger partial charge in [-0.05, 0) is 36.8 Å². The van der Waals surface area contributed by atoms with Gasteiger partial charge in [0.25, 0.3) is 10.0 Å². The summed E-state index contributed by atoms with van der Waals surface area (Å²) in [6.45, 7) is 1.38. The molecule has 1 aromatic heterocycles. The van der Waals surface area contributed by atoms with E-state index >= 15 is 0 Å². The Morgan fingerprint density at radius 3 is 2.70 bits per heavy atom. The van der Waals surface area contributed by atoms with Crippen LogP contribution in [0.1, 0.15) is 12.8 Å². The molecule has 3 heterocycles. The molecule has 3 atom stereocenters. The van der Waals surface area contributed by atoms with Crippen molar-refractivity contribution in [1.29, 1.82) is 0 Å². The molecule has 8 nitrogen and oxygen atoms in total. The number of alkyl halides is 3. The first-order valence-electron chi connectivity index (χ1n) is 10.4. The molecule has 0 radical (unpaired) electrons. The first-order valence-corrected chi connectivity index (χ1v) is 11.8. The fraction of sp³-hybridized carbons (Fsp3) is 0.550. The second kappa shape index (κ2) is 9.11. The Kier molecular flexibility index (Phi) is 6.56. The number of imidazole rings is 1. The van der Waals surface area contributed by atoms with E-state index in [-0.39, 0.29) is 35.6 Å². The first kappa shape index (κ1) is 23.8. The number of hydrogen-bond donors (Lipinski definition) is 1. The van der Waals surface area contributed by atoms with E-state index in [0.29, 0.717) is 13.2 Å². The van der Waals surface area contributed by atoms with Gasteiger partial charge in [-0.25, -0.2) is 17.8 Å². The van der Waals surface area contributed by atoms with Crippen molar-refractivity contribution in [2.24, 2.45) is 18.9 Å². The molecule has 0 spiro atoms. The van der Waals surface area contributed by atoms with Gasteiger partial charge in [0.05, 0.1) is 6.33 Å². The zero-order valence-corrected chi connectivity index (χ0v) is 18.6. The number of ether oxygens (including phenoxy) is 2. The molecular formula is C20H24F4N4O4S. The third kappa shape index (κ3) is 5.41. The number of halogens is 4. The fourth-order valence-electron chi connectivity index (χ4n) is 4.39. The van der Waals surface area contributed by atoms with Crippen molar-refractivity contribution in [3.63, 3.8) is 0 Å². The molecule has 4 rings (SSSR count). The Morgan fingerprint density at radius 1 is 1.27 bits per heavy atom. The van der Waals surface area contributed by atoms with Crippen LogP contribution in [0.2, 0.25) is 0 Å². The fourth-order valence-corrected chi connectivity index (χ4v) is 5.86. The predicted molar refractivity (Wildman–Crippen MR) is 109 cm³/mol. The number of aryl methyl sites for hydroxylation is 1. The van der Waals surface area contributed by atoms with Gasteiger partial charge in [-0.1, -0.05) is 0 Å². The van der Waals surface area contributed by atoms with Gasteiger partial charge in [0.2, 0.25) is 0 Å². The zero-order chi connectivity index (χ0) is 23.8. The van der Waals surface area contributed by atoms with Crippen LogP contribution in [-0.4, -0.2) is 61.0 Å². The minimum atomic E-state index is -5.04. The van der Waals surface area contributed by atoms with Gasteiger partial charge in [-0.2, -0.15) is 4.31 Å². The Morgan fingerprint density at radius 2 is 2.06 bits per heavy atom. The van der Waals surface area contributed by atoms with E-state index in [0.717, 1.165) is 25.0 Å². The third-order valence-electron chi connectivity index (χ3n) is 5.93. The molecule has 0 aliphatic carbocycles. The summed E-state index contributed by atoms with van der Waals surface area (Å²) in [6, 6.07) is 2.66. The number of nitrogens with zero attached hydrogens (tertiary/aromatic N) is 3. The monoisotopic (exact) mass is 492 g/mol. The molecular weight excluding hydrogens is 468 g/mol. The van der Waals surface area contributed by atoms with Gasteiger partial charge in [0.15, 0.2) is 16.6 Å². The van der Waals surface area contributed by atoms with Gasteiger partial charge in [0, 0.05) is 57.3 Å². The average Bonchev–Trinajstić information content (AvgIpc) is 3.37. The van der Waals surface area contributed by atoms with Crippen LogP contribution < -0.4 is 10.1 Å². The zero-order valence-electron chi connectivity index (χ0n) is 17.8. The standard InChI is InChI=1S/C20H24F4N4O4S/c1-27-10-19(25-12-27)33(29,30)28-8-15(13-3-2-6-31-11-13)17(9-28)26-14-4-5-16(21)18(7-14)32-20(22,23)24/h4-5,7,10,12-13,15,17,26H,2-3,6,8-9,11H2,1H3/t13-,15+,17-/m1/s1. The maximum atomic E-state index is 13.8. The molecule has 0 saturated carbocycles. The number of sulfonamides is 1. The summed E-state index contributed by atoms with van der Waals surface area (Å²) in [5, 5.41) is 3.02. The summed E-state index contributed by atoms with van der Waals surface area (Å²) in [5.41, 5.74) is 0.194. The highest BCUT2D eigenvalue weighted by molar-refractivity contribution is 7.89. The topological polar surface area (TPSA) is 85.7 Å². The quantitative estimate of drug-likeness (QED) is 0.625. The lowest BCUT2D eigenvalue weighted by molar-refractivity contribution is -0.275. The lowest BCUT2D eigenvalue weighted by Crippen LogP contribution is -2.36. The smallest absolute Gasteiger partial charge is 0.403 e. The maximum absolute atomic E-state index is 13.8. The molecule has 13 heteroatoms. The van der Waals surface area contributed by atoms with Gasteiger partial charge < -0.3 is 19.4 Å². The van der Waals surface area contributed by atoms with Crippen molar-refractivity contribution in [3.05, 3.63) is 36.5 Å². The summed E-state index contributed by atoms with van der Waals surface area (Å²) in [6.07, 6.45) is -0.559. The van der Waals surface area contributed by atoms with E-state index in [1.54, 1.807) is 7.05 Å². The SMILES string of the molecule is Cn1cnc(S(=O)(=O)N2C[C@@H]([C@@H]3CCCOC3)[C@H](Nc3ccc(F)c(OC(F)(F)F)c3)C2)c1. The van der Waals surface area contributed by atoms with Gasteiger partial charge >= 0.3 is 6.36 Å². The Bertz CT molecular complexity index is 1090. The number of rotatable bonds is 6. The lowest BCUT2D eigenvalue weighted by Gasteiger charge is -2.31. The van der Waals surface area contributed by atoms with Crippen LogP contribution in [0.25, 0.3) is 0 Å². The van der Waals surface area contributed by atoms with Crippen molar-refractivity contribution in [2.75, 3.05) is 31.6 Å². The molecule has 2 aromatic rings. The summed E-state index contributed by atoms with van der Waals surface area (Å²) >= 11 is 0. The molecule has 2 aliphatic heterocycles. The van der Waals surface area contributed by atoms with E-state index in [9.17, 15) is 26.0 Å². The molecule has 0 unspecified atom stereocenters. The summed E-state index contributed by atoms with van der Waals surface area (Å²) in [7, 11) is -2.20. The summed E-state index contributed by atoms with van der Waals surface area (Å²) < 4.78 is 90.1. The highest BCUT2D eigenvalue weighted by Gasteiger charge is 2.44. The van der Waals surface area contributed by atoms with Crippen LogP contribution in [-0.2, 0) is 21.8 Å². The molecule has 2 aliphatic rings. The van der Waals surface area contributed by atoms with Gasteiger partial charge in [-0.15, -0.1) is 13.2 Å². The van der Waals surface area contributed by atoms with Crippen LogP contribution in [0.15, 0.2) is 35.7 Å². The van der Waals surface area contributed by atoms with E-state index in [2.05, 4.69) is 15.0 Å². The lowest BCUT2D eigenvalue weighted by atomic mass is 9.84. The predicted octanol–water partition coefficient (Wildman–Crippen LogP) is 2.99. The van der Waals surface area contributed by atoms with Crippen LogP contribution in [0, 0.1) is 17.7 Å². The second-order valence-corrected chi connectivity index (χ2v) is 10.2. The Labute approximate surface area is 188 Å². The van der Waals surface area contributed by atoms with Crippen LogP contribution in [0.5, 0.6) is 5.75 Å². The molecule has 2 fully saturated rings. The van der Waals surface area contributed by atoms with E-state index in [1.807, 2.05) is 0 Å². The third-order valence-corrected chi connectivity index (χ3v) is 7.64. The largest absolute Gasteiger partial charge is 0.573 e. The molecule has 0 bridgehead atoms. The molecule has 2 saturated heterocycles. The van der Waals surface area contributed by atoms with E-state index in [1.165, 1.54) is 27.5 Å².